The van der Waals surface area contributed by atoms with Crippen LogP contribution in [0.3, 0.4) is 0 Å². The Morgan fingerprint density at radius 2 is 1.95 bits per heavy atom. The molecule has 1 unspecified atom stereocenters. The van der Waals surface area contributed by atoms with Crippen molar-refractivity contribution >= 4 is 11.8 Å². The monoisotopic (exact) mass is 304 g/mol. The van der Waals surface area contributed by atoms with Gasteiger partial charge < -0.3 is 9.73 Å². The van der Waals surface area contributed by atoms with E-state index in [4.69, 9.17) is 4.42 Å². The zero-order valence-electron chi connectivity index (χ0n) is 13.5. The summed E-state index contributed by atoms with van der Waals surface area (Å²) in [5, 5.41) is 4.31. The first-order valence-corrected chi connectivity index (χ1v) is 8.37. The maximum atomic E-state index is 5.65. The summed E-state index contributed by atoms with van der Waals surface area (Å²) in [6.07, 6.45) is 0. The fraction of sp³-hybridized carbons (Fsp3) is 0.471. The molecule has 0 saturated carbocycles. The number of aromatic nitrogens is 1. The van der Waals surface area contributed by atoms with Gasteiger partial charge >= 0.3 is 0 Å². The van der Waals surface area contributed by atoms with Crippen molar-refractivity contribution in [2.24, 2.45) is 0 Å². The molecule has 1 aromatic carbocycles. The van der Waals surface area contributed by atoms with E-state index >= 15 is 0 Å². The maximum Gasteiger partial charge on any atom is 0.256 e. The molecule has 0 radical (unpaired) electrons. The summed E-state index contributed by atoms with van der Waals surface area (Å²) in [4.78, 5) is 4.44. The molecule has 1 heterocycles. The Kier molecular flexibility index (Phi) is 5.48. The first kappa shape index (κ1) is 16.1. The predicted molar refractivity (Wildman–Crippen MR) is 89.0 cm³/mol. The van der Waals surface area contributed by atoms with E-state index < -0.39 is 0 Å². The van der Waals surface area contributed by atoms with Crippen molar-refractivity contribution in [2.75, 3.05) is 12.3 Å². The average molecular weight is 304 g/mol. The van der Waals surface area contributed by atoms with Crippen LogP contribution in [0.2, 0.25) is 0 Å². The van der Waals surface area contributed by atoms with Crippen molar-refractivity contribution in [3.05, 3.63) is 46.3 Å². The van der Waals surface area contributed by atoms with E-state index in [9.17, 15) is 0 Å². The van der Waals surface area contributed by atoms with Crippen molar-refractivity contribution in [1.82, 2.24) is 10.3 Å². The van der Waals surface area contributed by atoms with E-state index in [-0.39, 0.29) is 0 Å². The van der Waals surface area contributed by atoms with Crippen LogP contribution in [-0.2, 0) is 0 Å². The number of rotatable bonds is 6. The molecule has 0 amide bonds. The molecule has 0 aliphatic heterocycles. The van der Waals surface area contributed by atoms with Crippen LogP contribution in [0.4, 0.5) is 0 Å². The van der Waals surface area contributed by atoms with Crippen LogP contribution in [0.5, 0.6) is 0 Å². The largest absolute Gasteiger partial charge is 0.437 e. The smallest absolute Gasteiger partial charge is 0.256 e. The van der Waals surface area contributed by atoms with Crippen LogP contribution in [0.1, 0.15) is 41.1 Å². The highest BCUT2D eigenvalue weighted by atomic mass is 32.2. The van der Waals surface area contributed by atoms with Gasteiger partial charge in [-0.25, -0.2) is 4.98 Å². The van der Waals surface area contributed by atoms with E-state index in [0.717, 1.165) is 29.0 Å². The van der Waals surface area contributed by atoms with Gasteiger partial charge in [0.05, 0.1) is 5.69 Å². The third-order valence-electron chi connectivity index (χ3n) is 3.77. The van der Waals surface area contributed by atoms with Gasteiger partial charge in [0.2, 0.25) is 0 Å². The Morgan fingerprint density at radius 3 is 2.52 bits per heavy atom. The normalized spacial score (nSPS) is 12.6. The summed E-state index contributed by atoms with van der Waals surface area (Å²) < 4.78 is 5.65. The number of nitrogens with zero attached hydrogens (tertiary/aromatic N) is 1. The minimum absolute atomic E-state index is 0.312. The standard InChI is InChI=1S/C17H24N2OS/c1-6-18-16(15-8-7-11(2)12(3)9-15)10-21-17-19-13(4)14(5)20-17/h7-9,16,18H,6,10H2,1-5H3. The molecule has 1 aromatic heterocycles. The van der Waals surface area contributed by atoms with Gasteiger partial charge in [-0.2, -0.15) is 0 Å². The molecule has 2 aromatic rings. The van der Waals surface area contributed by atoms with Gasteiger partial charge in [-0.3, -0.25) is 0 Å². The molecule has 4 heteroatoms. The minimum Gasteiger partial charge on any atom is -0.437 e. The number of oxazole rings is 1. The van der Waals surface area contributed by atoms with E-state index in [0.29, 0.717) is 6.04 Å². The molecule has 3 nitrogen and oxygen atoms in total. The first-order chi connectivity index (χ1) is 10.0. The van der Waals surface area contributed by atoms with Gasteiger partial charge in [0, 0.05) is 11.8 Å². The molecule has 0 fully saturated rings. The van der Waals surface area contributed by atoms with Gasteiger partial charge in [0.25, 0.3) is 5.22 Å². The van der Waals surface area contributed by atoms with E-state index in [2.05, 4.69) is 49.3 Å². The fourth-order valence-electron chi connectivity index (χ4n) is 2.16. The van der Waals surface area contributed by atoms with Crippen LogP contribution >= 0.6 is 11.8 Å². The molecular formula is C17H24N2OS. The zero-order valence-corrected chi connectivity index (χ0v) is 14.3. The van der Waals surface area contributed by atoms with Crippen molar-refractivity contribution < 1.29 is 4.42 Å². The summed E-state index contributed by atoms with van der Waals surface area (Å²) in [6.45, 7) is 11.3. The van der Waals surface area contributed by atoms with Gasteiger partial charge in [-0.05, 0) is 50.9 Å². The Morgan fingerprint density at radius 1 is 1.19 bits per heavy atom. The third kappa shape index (κ3) is 4.11. The number of nitrogens with one attached hydrogen (secondary N) is 1. The minimum atomic E-state index is 0.312. The lowest BCUT2D eigenvalue weighted by Gasteiger charge is -2.18. The Balaban J connectivity index is 2.09. The lowest BCUT2D eigenvalue weighted by atomic mass is 10.0. The number of aryl methyl sites for hydroxylation is 4. The second-order valence-electron chi connectivity index (χ2n) is 5.39. The Hall–Kier alpha value is -1.26. The van der Waals surface area contributed by atoms with E-state index in [1.165, 1.54) is 16.7 Å². The number of hydrogen-bond donors (Lipinski definition) is 1. The Bertz CT molecular complexity index is 587. The summed E-state index contributed by atoms with van der Waals surface area (Å²) in [7, 11) is 0. The van der Waals surface area contributed by atoms with Crippen LogP contribution in [-0.4, -0.2) is 17.3 Å². The summed E-state index contributed by atoms with van der Waals surface area (Å²) >= 11 is 1.67. The molecule has 0 spiro atoms. The highest BCUT2D eigenvalue weighted by molar-refractivity contribution is 7.99. The predicted octanol–water partition coefficient (Wildman–Crippen LogP) is 4.35. The van der Waals surface area contributed by atoms with Gasteiger partial charge in [0.1, 0.15) is 5.76 Å². The molecule has 1 atom stereocenters. The maximum absolute atomic E-state index is 5.65. The van der Waals surface area contributed by atoms with Crippen molar-refractivity contribution in [2.45, 2.75) is 45.9 Å². The third-order valence-corrected chi connectivity index (χ3v) is 4.69. The van der Waals surface area contributed by atoms with Crippen molar-refractivity contribution in [1.29, 1.82) is 0 Å². The quantitative estimate of drug-likeness (QED) is 0.805. The number of hydrogen-bond acceptors (Lipinski definition) is 4. The lowest BCUT2D eigenvalue weighted by Crippen LogP contribution is -2.23. The average Bonchev–Trinajstić information content (AvgIpc) is 2.77. The highest BCUT2D eigenvalue weighted by Crippen LogP contribution is 2.26. The van der Waals surface area contributed by atoms with Crippen LogP contribution in [0, 0.1) is 27.7 Å². The molecule has 1 N–H and O–H groups in total. The SMILES string of the molecule is CCNC(CSc1nc(C)c(C)o1)c1ccc(C)c(C)c1. The number of benzene rings is 1. The number of thioether (sulfide) groups is 1. The second-order valence-corrected chi connectivity index (χ2v) is 6.36. The van der Waals surface area contributed by atoms with E-state index in [1.807, 2.05) is 13.8 Å². The molecule has 0 saturated heterocycles. The summed E-state index contributed by atoms with van der Waals surface area (Å²) in [5.41, 5.74) is 4.97. The lowest BCUT2D eigenvalue weighted by molar-refractivity contribution is 0.430. The molecule has 0 aliphatic carbocycles. The fourth-order valence-corrected chi connectivity index (χ4v) is 3.17. The molecule has 114 valence electrons. The Labute approximate surface area is 131 Å². The van der Waals surface area contributed by atoms with Crippen LogP contribution < -0.4 is 5.32 Å². The molecule has 0 aliphatic rings. The molecule has 0 bridgehead atoms. The molecular weight excluding hydrogens is 280 g/mol. The van der Waals surface area contributed by atoms with Crippen LogP contribution in [0.15, 0.2) is 27.8 Å². The van der Waals surface area contributed by atoms with Crippen molar-refractivity contribution in [3.8, 4) is 0 Å². The second kappa shape index (κ2) is 7.14. The van der Waals surface area contributed by atoms with Crippen molar-refractivity contribution in [3.63, 3.8) is 0 Å². The van der Waals surface area contributed by atoms with Gasteiger partial charge in [-0.15, -0.1) is 0 Å². The highest BCUT2D eigenvalue weighted by Gasteiger charge is 2.14. The van der Waals surface area contributed by atoms with Crippen LogP contribution in [0.25, 0.3) is 0 Å². The summed E-state index contributed by atoms with van der Waals surface area (Å²) in [5.74, 6) is 1.82. The summed E-state index contributed by atoms with van der Waals surface area (Å²) in [6, 6.07) is 6.99. The van der Waals surface area contributed by atoms with Gasteiger partial charge in [0.15, 0.2) is 0 Å². The molecule has 21 heavy (non-hydrogen) atoms. The van der Waals surface area contributed by atoms with Gasteiger partial charge in [-0.1, -0.05) is 36.9 Å². The topological polar surface area (TPSA) is 38.1 Å². The molecule has 2 rings (SSSR count). The van der Waals surface area contributed by atoms with E-state index in [1.54, 1.807) is 11.8 Å². The zero-order chi connectivity index (χ0) is 15.4. The first-order valence-electron chi connectivity index (χ1n) is 7.38.